The highest BCUT2D eigenvalue weighted by Crippen LogP contribution is 2.28. The van der Waals surface area contributed by atoms with Gasteiger partial charge in [0.1, 0.15) is 11.6 Å². The lowest BCUT2D eigenvalue weighted by molar-refractivity contribution is 0.136. The molecular weight excluding hydrogens is 287 g/mol. The number of urea groups is 1. The van der Waals surface area contributed by atoms with E-state index in [1.165, 1.54) is 13.2 Å². The van der Waals surface area contributed by atoms with Gasteiger partial charge in [0.25, 0.3) is 0 Å². The second-order valence-corrected chi connectivity index (χ2v) is 5.64. The van der Waals surface area contributed by atoms with Crippen molar-refractivity contribution in [2.45, 2.75) is 25.8 Å². The number of nitrogens with zero attached hydrogens (tertiary/aromatic N) is 1. The molecule has 122 valence electrons. The number of carbonyl (C=O) groups is 1. The van der Waals surface area contributed by atoms with E-state index in [1.807, 2.05) is 0 Å². The molecule has 1 heterocycles. The summed E-state index contributed by atoms with van der Waals surface area (Å²) in [6.45, 7) is 3.12. The van der Waals surface area contributed by atoms with Gasteiger partial charge >= 0.3 is 6.03 Å². The molecule has 22 heavy (non-hydrogen) atoms. The van der Waals surface area contributed by atoms with Crippen LogP contribution in [-0.4, -0.2) is 42.8 Å². The molecule has 2 rings (SSSR count). The van der Waals surface area contributed by atoms with Gasteiger partial charge < -0.3 is 20.1 Å². The van der Waals surface area contributed by atoms with Crippen molar-refractivity contribution in [2.75, 3.05) is 26.8 Å². The van der Waals surface area contributed by atoms with Gasteiger partial charge in [-0.1, -0.05) is 6.07 Å². The van der Waals surface area contributed by atoms with Crippen molar-refractivity contribution in [3.05, 3.63) is 29.6 Å². The number of aliphatic hydroxyl groups is 1. The molecule has 1 aliphatic rings. The number of amides is 2. The van der Waals surface area contributed by atoms with Crippen molar-refractivity contribution in [3.63, 3.8) is 0 Å². The van der Waals surface area contributed by atoms with E-state index in [0.29, 0.717) is 24.4 Å². The first-order valence-corrected chi connectivity index (χ1v) is 7.55. The van der Waals surface area contributed by atoms with Crippen LogP contribution in [0.4, 0.5) is 9.18 Å². The van der Waals surface area contributed by atoms with Crippen LogP contribution in [0.5, 0.6) is 5.75 Å². The van der Waals surface area contributed by atoms with Crippen LogP contribution in [0.15, 0.2) is 18.2 Å². The number of likely N-dealkylation sites (tertiary alicyclic amines) is 1. The van der Waals surface area contributed by atoms with Crippen LogP contribution < -0.4 is 10.1 Å². The summed E-state index contributed by atoms with van der Waals surface area (Å²) < 4.78 is 19.2. The Balaban J connectivity index is 2.00. The van der Waals surface area contributed by atoms with Crippen LogP contribution in [-0.2, 0) is 0 Å². The lowest BCUT2D eigenvalue weighted by atomic mass is 9.98. The number of aliphatic hydroxyl groups excluding tert-OH is 1. The Morgan fingerprint density at radius 3 is 2.77 bits per heavy atom. The van der Waals surface area contributed by atoms with Crippen LogP contribution in [0.3, 0.4) is 0 Å². The van der Waals surface area contributed by atoms with Crippen LogP contribution in [0.2, 0.25) is 0 Å². The monoisotopic (exact) mass is 310 g/mol. The smallest absolute Gasteiger partial charge is 0.317 e. The van der Waals surface area contributed by atoms with Crippen molar-refractivity contribution in [2.24, 2.45) is 5.92 Å². The summed E-state index contributed by atoms with van der Waals surface area (Å²) in [5, 5.41) is 11.9. The van der Waals surface area contributed by atoms with Gasteiger partial charge in [0.15, 0.2) is 0 Å². The summed E-state index contributed by atoms with van der Waals surface area (Å²) in [7, 11) is 1.48. The van der Waals surface area contributed by atoms with Crippen molar-refractivity contribution < 1.29 is 19.0 Å². The fraction of sp³-hybridized carbons (Fsp3) is 0.562. The predicted molar refractivity (Wildman–Crippen MR) is 81.3 cm³/mol. The molecule has 1 fully saturated rings. The van der Waals surface area contributed by atoms with Gasteiger partial charge in [-0.25, -0.2) is 9.18 Å². The number of rotatable bonds is 4. The Kier molecular flexibility index (Phi) is 5.60. The van der Waals surface area contributed by atoms with Crippen LogP contribution in [0.1, 0.15) is 31.4 Å². The third-order valence-corrected chi connectivity index (χ3v) is 4.17. The lowest BCUT2D eigenvalue weighted by Gasteiger charge is -2.32. The molecular formula is C16H23FN2O3. The Morgan fingerprint density at radius 1 is 1.50 bits per heavy atom. The van der Waals surface area contributed by atoms with Gasteiger partial charge in [-0.15, -0.1) is 0 Å². The fourth-order valence-corrected chi connectivity index (χ4v) is 2.78. The first kappa shape index (κ1) is 16.5. The molecule has 2 N–H and O–H groups in total. The van der Waals surface area contributed by atoms with E-state index < -0.39 is 11.9 Å². The second kappa shape index (κ2) is 7.45. The minimum Gasteiger partial charge on any atom is -0.496 e. The fourth-order valence-electron chi connectivity index (χ4n) is 2.78. The van der Waals surface area contributed by atoms with Gasteiger partial charge in [0.2, 0.25) is 0 Å². The first-order valence-electron chi connectivity index (χ1n) is 7.55. The summed E-state index contributed by atoms with van der Waals surface area (Å²) in [6.07, 6.45) is 1.59. The average molecular weight is 310 g/mol. The van der Waals surface area contributed by atoms with E-state index in [-0.39, 0.29) is 18.6 Å². The van der Waals surface area contributed by atoms with Gasteiger partial charge in [-0.3, -0.25) is 0 Å². The molecule has 1 unspecified atom stereocenters. The maximum Gasteiger partial charge on any atom is 0.317 e. The number of hydrogen-bond donors (Lipinski definition) is 2. The van der Waals surface area contributed by atoms with Crippen LogP contribution in [0, 0.1) is 11.7 Å². The van der Waals surface area contributed by atoms with Crippen molar-refractivity contribution in [1.29, 1.82) is 0 Å². The van der Waals surface area contributed by atoms with Crippen LogP contribution >= 0.6 is 0 Å². The highest BCUT2D eigenvalue weighted by molar-refractivity contribution is 5.75. The third kappa shape index (κ3) is 3.68. The molecule has 1 aromatic carbocycles. The summed E-state index contributed by atoms with van der Waals surface area (Å²) in [5.41, 5.74) is 0.351. The van der Waals surface area contributed by atoms with E-state index in [9.17, 15) is 9.18 Å². The van der Waals surface area contributed by atoms with Crippen molar-refractivity contribution in [1.82, 2.24) is 10.2 Å². The predicted octanol–water partition coefficient (Wildman–Crippen LogP) is 2.31. The molecule has 1 atom stereocenters. The SMILES string of the molecule is COc1cccc(F)c1C(C)NC(=O)N1CCC(CO)CC1. The molecule has 0 aromatic heterocycles. The molecule has 0 spiro atoms. The molecule has 1 aliphatic heterocycles. The number of methoxy groups -OCH3 is 1. The molecule has 1 saturated heterocycles. The number of carbonyl (C=O) groups excluding carboxylic acids is 1. The highest BCUT2D eigenvalue weighted by atomic mass is 19.1. The van der Waals surface area contributed by atoms with Crippen LogP contribution in [0.25, 0.3) is 0 Å². The number of hydrogen-bond acceptors (Lipinski definition) is 3. The van der Waals surface area contributed by atoms with E-state index >= 15 is 0 Å². The standard InChI is InChI=1S/C16H23FN2O3/c1-11(15-13(17)4-3-5-14(15)22-2)18-16(21)19-8-6-12(10-20)7-9-19/h3-5,11-12,20H,6-10H2,1-2H3,(H,18,21). The molecule has 0 saturated carbocycles. The first-order chi connectivity index (χ1) is 10.6. The molecule has 0 bridgehead atoms. The average Bonchev–Trinajstić information content (AvgIpc) is 2.54. The Labute approximate surface area is 130 Å². The molecule has 2 amide bonds. The molecule has 1 aromatic rings. The topological polar surface area (TPSA) is 61.8 Å². The minimum atomic E-state index is -0.487. The Hall–Kier alpha value is -1.82. The van der Waals surface area contributed by atoms with Gasteiger partial charge in [0.05, 0.1) is 18.7 Å². The summed E-state index contributed by atoms with van der Waals surface area (Å²) in [4.78, 5) is 14.0. The lowest BCUT2D eigenvalue weighted by Crippen LogP contribution is -2.45. The largest absolute Gasteiger partial charge is 0.496 e. The maximum absolute atomic E-state index is 14.0. The van der Waals surface area contributed by atoms with E-state index in [4.69, 9.17) is 9.84 Å². The van der Waals surface area contributed by atoms with E-state index in [1.54, 1.807) is 24.0 Å². The number of piperidine rings is 1. The summed E-state index contributed by atoms with van der Waals surface area (Å²) in [6, 6.07) is 3.90. The number of benzene rings is 1. The quantitative estimate of drug-likeness (QED) is 0.897. The molecule has 6 heteroatoms. The minimum absolute atomic E-state index is 0.165. The zero-order valence-corrected chi connectivity index (χ0v) is 13.0. The molecule has 0 radical (unpaired) electrons. The maximum atomic E-state index is 14.0. The number of halogens is 1. The Bertz CT molecular complexity index is 516. The number of ether oxygens (including phenoxy) is 1. The number of nitrogens with one attached hydrogen (secondary N) is 1. The second-order valence-electron chi connectivity index (χ2n) is 5.64. The summed E-state index contributed by atoms with van der Waals surface area (Å²) in [5.74, 6) is 0.297. The third-order valence-electron chi connectivity index (χ3n) is 4.17. The molecule has 0 aliphatic carbocycles. The zero-order valence-electron chi connectivity index (χ0n) is 13.0. The Morgan fingerprint density at radius 2 is 2.18 bits per heavy atom. The van der Waals surface area contributed by atoms with E-state index in [0.717, 1.165) is 12.8 Å². The van der Waals surface area contributed by atoms with E-state index in [2.05, 4.69) is 5.32 Å². The van der Waals surface area contributed by atoms with Gasteiger partial charge in [0, 0.05) is 19.7 Å². The van der Waals surface area contributed by atoms with Crippen molar-refractivity contribution >= 4 is 6.03 Å². The van der Waals surface area contributed by atoms with Gasteiger partial charge in [-0.05, 0) is 37.8 Å². The normalized spacial score (nSPS) is 17.2. The van der Waals surface area contributed by atoms with Crippen molar-refractivity contribution in [3.8, 4) is 5.75 Å². The zero-order chi connectivity index (χ0) is 16.1. The highest BCUT2D eigenvalue weighted by Gasteiger charge is 2.25. The summed E-state index contributed by atoms with van der Waals surface area (Å²) >= 11 is 0. The van der Waals surface area contributed by atoms with Gasteiger partial charge in [-0.2, -0.15) is 0 Å². The molecule has 5 nitrogen and oxygen atoms in total.